The molecule has 0 radical (unpaired) electrons. The minimum Gasteiger partial charge on any atom is -0.478 e. The quantitative estimate of drug-likeness (QED) is 0.835. The molecule has 0 aliphatic carbocycles. The summed E-state index contributed by atoms with van der Waals surface area (Å²) in [5.41, 5.74) is 2.08. The molecule has 0 amide bonds. The molecule has 0 atom stereocenters. The van der Waals surface area contributed by atoms with E-state index in [0.717, 1.165) is 30.0 Å². The van der Waals surface area contributed by atoms with E-state index in [1.165, 1.54) is 25.0 Å². The first-order valence-corrected chi connectivity index (χ1v) is 7.02. The lowest BCUT2D eigenvalue weighted by Crippen LogP contribution is -2.24. The fourth-order valence-electron chi connectivity index (χ4n) is 2.46. The highest BCUT2D eigenvalue weighted by Crippen LogP contribution is 2.23. The van der Waals surface area contributed by atoms with Crippen LogP contribution in [-0.2, 0) is 0 Å². The van der Waals surface area contributed by atoms with Gasteiger partial charge in [0.25, 0.3) is 0 Å². The second-order valence-electron chi connectivity index (χ2n) is 5.13. The maximum absolute atomic E-state index is 12.9. The molecule has 0 N–H and O–H groups in total. The van der Waals surface area contributed by atoms with Crippen LogP contribution in [0.5, 0.6) is 5.75 Å². The Morgan fingerprint density at radius 1 is 0.850 bits per heavy atom. The van der Waals surface area contributed by atoms with Crippen molar-refractivity contribution >= 4 is 0 Å². The maximum Gasteiger partial charge on any atom is 0.142 e. The maximum atomic E-state index is 12.9. The Bertz CT molecular complexity index is 544. The van der Waals surface area contributed by atoms with Crippen LogP contribution in [0.3, 0.4) is 0 Å². The van der Waals surface area contributed by atoms with E-state index >= 15 is 0 Å². The molecule has 0 saturated carbocycles. The predicted octanol–water partition coefficient (Wildman–Crippen LogP) is 3.92. The Morgan fingerprint density at radius 2 is 1.40 bits per heavy atom. The molecule has 1 aliphatic heterocycles. The van der Waals surface area contributed by atoms with Gasteiger partial charge in [-0.15, -0.1) is 0 Å². The van der Waals surface area contributed by atoms with Crippen molar-refractivity contribution in [3.8, 4) is 16.9 Å². The Kier molecular flexibility index (Phi) is 3.97. The lowest BCUT2D eigenvalue weighted by atomic mass is 10.1. The summed E-state index contributed by atoms with van der Waals surface area (Å²) in [6, 6.07) is 14.5. The van der Waals surface area contributed by atoms with Crippen molar-refractivity contribution in [2.24, 2.45) is 0 Å². The Labute approximate surface area is 118 Å². The van der Waals surface area contributed by atoms with Gasteiger partial charge in [-0.2, -0.15) is 0 Å². The minimum absolute atomic E-state index is 0.209. The second kappa shape index (κ2) is 6.06. The van der Waals surface area contributed by atoms with Crippen molar-refractivity contribution in [1.82, 2.24) is 4.90 Å². The van der Waals surface area contributed by atoms with E-state index in [9.17, 15) is 4.39 Å². The lowest BCUT2D eigenvalue weighted by Gasteiger charge is -2.15. The molecule has 3 rings (SSSR count). The number of rotatable bonds is 4. The van der Waals surface area contributed by atoms with Gasteiger partial charge in [0, 0.05) is 13.1 Å². The number of ether oxygens (including phenoxy) is 1. The van der Waals surface area contributed by atoms with Gasteiger partial charge in [0.1, 0.15) is 18.3 Å². The van der Waals surface area contributed by atoms with E-state index in [1.54, 1.807) is 12.1 Å². The highest BCUT2D eigenvalue weighted by atomic mass is 19.1. The Balaban J connectivity index is 1.63. The van der Waals surface area contributed by atoms with Crippen LogP contribution in [-0.4, -0.2) is 24.7 Å². The van der Waals surface area contributed by atoms with Crippen molar-refractivity contribution in [2.45, 2.75) is 12.8 Å². The summed E-state index contributed by atoms with van der Waals surface area (Å²) in [6.07, 6.45) is 2.54. The standard InChI is InChI=1S/C17H18FNO/c18-16-7-3-14(4-8-16)15-5-9-17(10-6-15)20-13-19-11-1-2-12-19/h3-10H,1-2,11-13H2. The van der Waals surface area contributed by atoms with Gasteiger partial charge < -0.3 is 4.74 Å². The van der Waals surface area contributed by atoms with E-state index < -0.39 is 0 Å². The molecule has 3 heteroatoms. The molecule has 104 valence electrons. The van der Waals surface area contributed by atoms with Crippen molar-refractivity contribution in [2.75, 3.05) is 19.8 Å². The average Bonchev–Trinajstić information content (AvgIpc) is 3.00. The van der Waals surface area contributed by atoms with Gasteiger partial charge >= 0.3 is 0 Å². The van der Waals surface area contributed by atoms with E-state index in [1.807, 2.05) is 24.3 Å². The highest BCUT2D eigenvalue weighted by Gasteiger charge is 2.11. The van der Waals surface area contributed by atoms with Crippen molar-refractivity contribution < 1.29 is 9.13 Å². The van der Waals surface area contributed by atoms with Crippen LogP contribution in [0, 0.1) is 5.82 Å². The molecule has 1 aliphatic rings. The first-order chi connectivity index (χ1) is 9.81. The summed E-state index contributed by atoms with van der Waals surface area (Å²) in [6.45, 7) is 2.93. The fourth-order valence-corrected chi connectivity index (χ4v) is 2.46. The Morgan fingerprint density at radius 3 is 2.00 bits per heavy atom. The number of halogens is 1. The molecule has 2 nitrogen and oxygen atoms in total. The Hall–Kier alpha value is -1.87. The molecule has 0 spiro atoms. The number of benzene rings is 2. The zero-order chi connectivity index (χ0) is 13.8. The number of nitrogens with zero attached hydrogens (tertiary/aromatic N) is 1. The topological polar surface area (TPSA) is 12.5 Å². The van der Waals surface area contributed by atoms with Crippen molar-refractivity contribution in [3.05, 3.63) is 54.3 Å². The smallest absolute Gasteiger partial charge is 0.142 e. The fraction of sp³-hybridized carbons (Fsp3) is 0.294. The van der Waals surface area contributed by atoms with Crippen LogP contribution in [0.25, 0.3) is 11.1 Å². The summed E-state index contributed by atoms with van der Waals surface area (Å²) >= 11 is 0. The van der Waals surface area contributed by atoms with Crippen LogP contribution in [0.1, 0.15) is 12.8 Å². The van der Waals surface area contributed by atoms with Gasteiger partial charge in [-0.1, -0.05) is 24.3 Å². The van der Waals surface area contributed by atoms with E-state index in [-0.39, 0.29) is 5.82 Å². The first kappa shape index (κ1) is 13.1. The molecule has 2 aromatic rings. The largest absolute Gasteiger partial charge is 0.478 e. The SMILES string of the molecule is Fc1ccc(-c2ccc(OCN3CCCC3)cc2)cc1. The van der Waals surface area contributed by atoms with Gasteiger partial charge in [0.05, 0.1) is 0 Å². The zero-order valence-corrected chi connectivity index (χ0v) is 11.4. The first-order valence-electron chi connectivity index (χ1n) is 7.02. The average molecular weight is 271 g/mol. The van der Waals surface area contributed by atoms with Gasteiger partial charge in [-0.25, -0.2) is 4.39 Å². The van der Waals surface area contributed by atoms with Gasteiger partial charge in [-0.05, 0) is 48.2 Å². The van der Waals surface area contributed by atoms with Gasteiger partial charge in [0.15, 0.2) is 0 Å². The normalized spacial score (nSPS) is 15.4. The monoisotopic (exact) mass is 271 g/mol. The third-order valence-electron chi connectivity index (χ3n) is 3.64. The number of hydrogen-bond acceptors (Lipinski definition) is 2. The van der Waals surface area contributed by atoms with Crippen LogP contribution >= 0.6 is 0 Å². The zero-order valence-electron chi connectivity index (χ0n) is 11.4. The number of hydrogen-bond donors (Lipinski definition) is 0. The molecular formula is C17H18FNO. The van der Waals surface area contributed by atoms with Crippen LogP contribution < -0.4 is 4.74 Å². The number of likely N-dealkylation sites (tertiary alicyclic amines) is 1. The van der Waals surface area contributed by atoms with E-state index in [4.69, 9.17) is 4.74 Å². The molecule has 0 bridgehead atoms. The van der Waals surface area contributed by atoms with E-state index in [0.29, 0.717) is 6.73 Å². The summed E-state index contributed by atoms with van der Waals surface area (Å²) in [7, 11) is 0. The molecule has 1 saturated heterocycles. The van der Waals surface area contributed by atoms with Crippen molar-refractivity contribution in [3.63, 3.8) is 0 Å². The molecule has 1 heterocycles. The molecular weight excluding hydrogens is 253 g/mol. The minimum atomic E-state index is -0.209. The highest BCUT2D eigenvalue weighted by molar-refractivity contribution is 5.63. The summed E-state index contributed by atoms with van der Waals surface area (Å²) < 4.78 is 18.7. The van der Waals surface area contributed by atoms with Crippen LogP contribution in [0.2, 0.25) is 0 Å². The second-order valence-corrected chi connectivity index (χ2v) is 5.13. The molecule has 0 aromatic heterocycles. The molecule has 2 aromatic carbocycles. The van der Waals surface area contributed by atoms with E-state index in [2.05, 4.69) is 4.90 Å². The van der Waals surface area contributed by atoms with Gasteiger partial charge in [-0.3, -0.25) is 4.90 Å². The molecule has 0 unspecified atom stereocenters. The van der Waals surface area contributed by atoms with Crippen LogP contribution in [0.15, 0.2) is 48.5 Å². The molecule has 20 heavy (non-hydrogen) atoms. The predicted molar refractivity (Wildman–Crippen MR) is 78.1 cm³/mol. The summed E-state index contributed by atoms with van der Waals surface area (Å²) in [5.74, 6) is 0.669. The molecule has 1 fully saturated rings. The van der Waals surface area contributed by atoms with Gasteiger partial charge in [0.2, 0.25) is 0 Å². The third kappa shape index (κ3) is 3.17. The summed E-state index contributed by atoms with van der Waals surface area (Å²) in [4.78, 5) is 2.31. The van der Waals surface area contributed by atoms with Crippen LogP contribution in [0.4, 0.5) is 4.39 Å². The third-order valence-corrected chi connectivity index (χ3v) is 3.64. The van der Waals surface area contributed by atoms with Crippen molar-refractivity contribution in [1.29, 1.82) is 0 Å². The lowest BCUT2D eigenvalue weighted by molar-refractivity contribution is 0.152. The summed E-state index contributed by atoms with van der Waals surface area (Å²) in [5, 5.41) is 0.